The molecule has 1 heterocycles. The van der Waals surface area contributed by atoms with E-state index in [2.05, 4.69) is 22.3 Å². The number of carbonyl (C=O) groups is 1. The van der Waals surface area contributed by atoms with Crippen molar-refractivity contribution in [3.05, 3.63) is 29.8 Å². The predicted molar refractivity (Wildman–Crippen MR) is 73.9 cm³/mol. The molecule has 1 amide bonds. The molecule has 0 aromatic heterocycles. The second kappa shape index (κ2) is 5.87. The van der Waals surface area contributed by atoms with Gasteiger partial charge in [-0.15, -0.1) is 0 Å². The van der Waals surface area contributed by atoms with Crippen molar-refractivity contribution in [2.24, 2.45) is 0 Å². The third kappa shape index (κ3) is 3.23. The normalized spacial score (nSPS) is 15.6. The number of piperazine rings is 1. The number of nitrogens with zero attached hydrogens (tertiary/aromatic N) is 2. The number of anilines is 1. The molecular weight excluding hydrogens is 226 g/mol. The van der Waals surface area contributed by atoms with E-state index in [1.165, 1.54) is 5.69 Å². The molecule has 2 rings (SSSR count). The highest BCUT2D eigenvalue weighted by Crippen LogP contribution is 2.17. The Labute approximate surface area is 109 Å². The van der Waals surface area contributed by atoms with E-state index in [-0.39, 0.29) is 5.91 Å². The summed E-state index contributed by atoms with van der Waals surface area (Å²) < 4.78 is 0. The molecule has 1 saturated heterocycles. The summed E-state index contributed by atoms with van der Waals surface area (Å²) in [6.45, 7) is 4.12. The van der Waals surface area contributed by atoms with Gasteiger partial charge in [0.05, 0.1) is 6.42 Å². The zero-order chi connectivity index (χ0) is 13.0. The Kier molecular flexibility index (Phi) is 4.20. The maximum atomic E-state index is 11.7. The minimum atomic E-state index is 0.146. The van der Waals surface area contributed by atoms with E-state index >= 15 is 0 Å². The van der Waals surface area contributed by atoms with E-state index < -0.39 is 0 Å². The van der Waals surface area contributed by atoms with Gasteiger partial charge in [0.1, 0.15) is 0 Å². The summed E-state index contributed by atoms with van der Waals surface area (Å²) in [4.78, 5) is 15.7. The van der Waals surface area contributed by atoms with Gasteiger partial charge in [0.15, 0.2) is 0 Å². The molecule has 4 heteroatoms. The largest absolute Gasteiger partial charge is 0.369 e. The number of hydrogen-bond acceptors (Lipinski definition) is 3. The monoisotopic (exact) mass is 247 g/mol. The van der Waals surface area contributed by atoms with Gasteiger partial charge in [0.2, 0.25) is 5.91 Å². The van der Waals surface area contributed by atoms with Crippen LogP contribution in [0.1, 0.15) is 5.56 Å². The predicted octanol–water partition coefficient (Wildman–Crippen LogP) is 0.727. The Morgan fingerprint density at radius 3 is 2.72 bits per heavy atom. The lowest BCUT2D eigenvalue weighted by Crippen LogP contribution is -2.43. The first kappa shape index (κ1) is 12.9. The number of amides is 1. The van der Waals surface area contributed by atoms with Gasteiger partial charge in [-0.3, -0.25) is 4.79 Å². The molecule has 18 heavy (non-hydrogen) atoms. The van der Waals surface area contributed by atoms with Gasteiger partial charge in [-0.1, -0.05) is 12.1 Å². The van der Waals surface area contributed by atoms with E-state index in [1.807, 2.05) is 12.1 Å². The summed E-state index contributed by atoms with van der Waals surface area (Å²) in [6, 6.07) is 8.31. The Bertz CT molecular complexity index is 411. The molecule has 1 aliphatic rings. The first-order valence-corrected chi connectivity index (χ1v) is 6.41. The van der Waals surface area contributed by atoms with Crippen LogP contribution in [0.25, 0.3) is 0 Å². The van der Waals surface area contributed by atoms with Crippen LogP contribution < -0.4 is 10.2 Å². The van der Waals surface area contributed by atoms with Crippen LogP contribution in [0.4, 0.5) is 5.69 Å². The standard InChI is InChI=1S/C14H21N3O/c1-16(2)14(18)11-12-4-3-5-13(10-12)17-8-6-15-7-9-17/h3-5,10,15H,6-9,11H2,1-2H3. The van der Waals surface area contributed by atoms with Crippen molar-refractivity contribution in [2.45, 2.75) is 6.42 Å². The maximum Gasteiger partial charge on any atom is 0.226 e. The molecule has 0 radical (unpaired) electrons. The first-order valence-electron chi connectivity index (χ1n) is 6.41. The quantitative estimate of drug-likeness (QED) is 0.855. The maximum absolute atomic E-state index is 11.7. The van der Waals surface area contributed by atoms with E-state index in [9.17, 15) is 4.79 Å². The smallest absolute Gasteiger partial charge is 0.226 e. The van der Waals surface area contributed by atoms with Gasteiger partial charge < -0.3 is 15.1 Å². The fourth-order valence-electron chi connectivity index (χ4n) is 2.12. The molecule has 98 valence electrons. The summed E-state index contributed by atoms with van der Waals surface area (Å²) in [5.41, 5.74) is 2.31. The highest BCUT2D eigenvalue weighted by molar-refractivity contribution is 5.78. The van der Waals surface area contributed by atoms with Crippen LogP contribution in [-0.2, 0) is 11.2 Å². The second-order valence-corrected chi connectivity index (χ2v) is 4.87. The van der Waals surface area contributed by atoms with E-state index in [0.717, 1.165) is 31.7 Å². The van der Waals surface area contributed by atoms with Crippen LogP contribution >= 0.6 is 0 Å². The lowest BCUT2D eigenvalue weighted by molar-refractivity contribution is -0.127. The third-order valence-corrected chi connectivity index (χ3v) is 3.25. The molecule has 1 fully saturated rings. The summed E-state index contributed by atoms with van der Waals surface area (Å²) in [5, 5.41) is 3.34. The van der Waals surface area contributed by atoms with Crippen molar-refractivity contribution in [1.29, 1.82) is 0 Å². The molecule has 4 nitrogen and oxygen atoms in total. The number of carbonyl (C=O) groups excluding carboxylic acids is 1. The summed E-state index contributed by atoms with van der Waals surface area (Å²) in [5.74, 6) is 0.146. The SMILES string of the molecule is CN(C)C(=O)Cc1cccc(N2CCNCC2)c1. The average Bonchev–Trinajstić information content (AvgIpc) is 2.40. The Morgan fingerprint density at radius 2 is 2.06 bits per heavy atom. The van der Waals surface area contributed by atoms with Crippen LogP contribution in [0, 0.1) is 0 Å². The summed E-state index contributed by atoms with van der Waals surface area (Å²) >= 11 is 0. The molecule has 1 aromatic rings. The molecule has 1 N–H and O–H groups in total. The highest BCUT2D eigenvalue weighted by Gasteiger charge is 2.11. The second-order valence-electron chi connectivity index (χ2n) is 4.87. The molecular formula is C14H21N3O. The number of rotatable bonds is 3. The van der Waals surface area contributed by atoms with Gasteiger partial charge in [0, 0.05) is 46.0 Å². The van der Waals surface area contributed by atoms with E-state index in [0.29, 0.717) is 6.42 Å². The molecule has 0 bridgehead atoms. The van der Waals surface area contributed by atoms with Gasteiger partial charge >= 0.3 is 0 Å². The van der Waals surface area contributed by atoms with Crippen molar-refractivity contribution < 1.29 is 4.79 Å². The minimum absolute atomic E-state index is 0.146. The van der Waals surface area contributed by atoms with Gasteiger partial charge in [-0.25, -0.2) is 0 Å². The average molecular weight is 247 g/mol. The fraction of sp³-hybridized carbons (Fsp3) is 0.500. The lowest BCUT2D eigenvalue weighted by Gasteiger charge is -2.29. The highest BCUT2D eigenvalue weighted by atomic mass is 16.2. The third-order valence-electron chi connectivity index (χ3n) is 3.25. The molecule has 0 spiro atoms. The van der Waals surface area contributed by atoms with Gasteiger partial charge in [-0.05, 0) is 17.7 Å². The fourth-order valence-corrected chi connectivity index (χ4v) is 2.12. The van der Waals surface area contributed by atoms with Crippen molar-refractivity contribution >= 4 is 11.6 Å². The Balaban J connectivity index is 2.07. The number of benzene rings is 1. The zero-order valence-electron chi connectivity index (χ0n) is 11.1. The molecule has 0 aliphatic carbocycles. The van der Waals surface area contributed by atoms with E-state index in [4.69, 9.17) is 0 Å². The van der Waals surface area contributed by atoms with Crippen molar-refractivity contribution in [3.8, 4) is 0 Å². The van der Waals surface area contributed by atoms with Crippen LogP contribution in [0.3, 0.4) is 0 Å². The molecule has 1 aromatic carbocycles. The Hall–Kier alpha value is -1.55. The van der Waals surface area contributed by atoms with Crippen molar-refractivity contribution in [3.63, 3.8) is 0 Å². The summed E-state index contributed by atoms with van der Waals surface area (Å²) in [7, 11) is 3.59. The van der Waals surface area contributed by atoms with Gasteiger partial charge in [0.25, 0.3) is 0 Å². The lowest BCUT2D eigenvalue weighted by atomic mass is 10.1. The molecule has 1 aliphatic heterocycles. The molecule has 0 saturated carbocycles. The van der Waals surface area contributed by atoms with Gasteiger partial charge in [-0.2, -0.15) is 0 Å². The first-order chi connectivity index (χ1) is 8.66. The van der Waals surface area contributed by atoms with Crippen LogP contribution in [-0.4, -0.2) is 51.1 Å². The summed E-state index contributed by atoms with van der Waals surface area (Å²) in [6.07, 6.45) is 0.479. The van der Waals surface area contributed by atoms with Crippen molar-refractivity contribution in [1.82, 2.24) is 10.2 Å². The van der Waals surface area contributed by atoms with Crippen LogP contribution in [0.15, 0.2) is 24.3 Å². The van der Waals surface area contributed by atoms with Crippen LogP contribution in [0.5, 0.6) is 0 Å². The number of hydrogen-bond donors (Lipinski definition) is 1. The topological polar surface area (TPSA) is 35.6 Å². The van der Waals surface area contributed by atoms with Crippen LogP contribution in [0.2, 0.25) is 0 Å². The Morgan fingerprint density at radius 1 is 1.33 bits per heavy atom. The minimum Gasteiger partial charge on any atom is -0.369 e. The number of nitrogens with one attached hydrogen (secondary N) is 1. The van der Waals surface area contributed by atoms with E-state index in [1.54, 1.807) is 19.0 Å². The number of likely N-dealkylation sites (N-methyl/N-ethyl adjacent to an activating group) is 1. The zero-order valence-corrected chi connectivity index (χ0v) is 11.1. The molecule has 0 atom stereocenters. The molecule has 0 unspecified atom stereocenters. The van der Waals surface area contributed by atoms with Crippen molar-refractivity contribution in [2.75, 3.05) is 45.2 Å².